The monoisotopic (exact) mass is 262 g/mol. The van der Waals surface area contributed by atoms with Crippen LogP contribution in [0.15, 0.2) is 0 Å². The molecular weight excluding hydrogens is 245 g/mol. The molecule has 0 N–H and O–H groups in total. The second kappa shape index (κ2) is 6.40. The van der Waals surface area contributed by atoms with Gasteiger partial charge in [0.25, 0.3) is 0 Å². The normalized spacial score (nSPS) is 24.0. The van der Waals surface area contributed by atoms with E-state index >= 15 is 0 Å². The minimum absolute atomic E-state index is 0. The molecule has 2 aliphatic heterocycles. The van der Waals surface area contributed by atoms with Crippen LogP contribution < -0.4 is 0 Å². The van der Waals surface area contributed by atoms with Crippen molar-refractivity contribution >= 4 is 22.5 Å². The van der Waals surface area contributed by atoms with Crippen LogP contribution in [0.25, 0.3) is 0 Å². The second-order valence-electron chi connectivity index (χ2n) is 3.82. The molecule has 2 fully saturated rings. The lowest BCUT2D eigenvalue weighted by molar-refractivity contribution is 0.368. The van der Waals surface area contributed by atoms with Crippen LogP contribution in [0.4, 0.5) is 17.3 Å². The van der Waals surface area contributed by atoms with Crippen molar-refractivity contribution in [3.63, 3.8) is 0 Å². The van der Waals surface area contributed by atoms with Crippen LogP contribution in [0.2, 0.25) is 0 Å². The molecule has 0 radical (unpaired) electrons. The molecule has 0 amide bonds. The molecule has 90 valence electrons. The van der Waals surface area contributed by atoms with Crippen LogP contribution in [0.3, 0.4) is 0 Å². The lowest BCUT2D eigenvalue weighted by Gasteiger charge is -2.17. The van der Waals surface area contributed by atoms with Crippen molar-refractivity contribution in [3.05, 3.63) is 0 Å². The number of hydrogen-bond donors (Lipinski definition) is 0. The van der Waals surface area contributed by atoms with Gasteiger partial charge in [-0.3, -0.25) is 0 Å². The predicted octanol–water partition coefficient (Wildman–Crippen LogP) is 4.87. The number of halogens is 4. The fraction of sp³-hybridized carbons (Fsp3) is 1.00. The van der Waals surface area contributed by atoms with Gasteiger partial charge >= 0.3 is 8.68 Å². The minimum Gasteiger partial charge on any atom is -0.418 e. The van der Waals surface area contributed by atoms with Gasteiger partial charge in [0.05, 0.1) is 0 Å². The van der Waals surface area contributed by atoms with Crippen LogP contribution in [-0.2, 0) is 0 Å². The SMILES string of the molecule is C1CCP(P2CCCC2)C1.F[B-](F)(F)F.[H+]. The summed E-state index contributed by atoms with van der Waals surface area (Å²) in [4.78, 5) is 0. The summed E-state index contributed by atoms with van der Waals surface area (Å²) in [5.74, 6) is 0. The predicted molar refractivity (Wildman–Crippen MR) is 63.1 cm³/mol. The van der Waals surface area contributed by atoms with Crippen LogP contribution in [0.1, 0.15) is 27.1 Å². The van der Waals surface area contributed by atoms with Gasteiger partial charge < -0.3 is 17.3 Å². The molecule has 0 unspecified atom stereocenters. The zero-order chi connectivity index (χ0) is 11.3. The smallest absolute Gasteiger partial charge is 0.418 e. The van der Waals surface area contributed by atoms with Crippen LogP contribution in [0, 0.1) is 0 Å². The van der Waals surface area contributed by atoms with Crippen molar-refractivity contribution in [2.75, 3.05) is 24.6 Å². The van der Waals surface area contributed by atoms with E-state index in [9.17, 15) is 17.3 Å². The van der Waals surface area contributed by atoms with Gasteiger partial charge in [0.2, 0.25) is 0 Å². The first-order chi connectivity index (χ1) is 6.97. The van der Waals surface area contributed by atoms with Crippen LogP contribution in [-0.4, -0.2) is 31.9 Å². The summed E-state index contributed by atoms with van der Waals surface area (Å²) < 4.78 is 39.0. The van der Waals surface area contributed by atoms with Crippen molar-refractivity contribution in [1.82, 2.24) is 0 Å². The molecule has 2 saturated heterocycles. The first-order valence-corrected chi connectivity index (χ1v) is 9.47. The summed E-state index contributed by atoms with van der Waals surface area (Å²) >= 11 is 0. The summed E-state index contributed by atoms with van der Waals surface area (Å²) in [6.07, 6.45) is 12.9. The van der Waals surface area contributed by atoms with Gasteiger partial charge in [-0.25, -0.2) is 0 Å². The van der Waals surface area contributed by atoms with Gasteiger partial charge in [-0.2, -0.15) is 0 Å². The van der Waals surface area contributed by atoms with Gasteiger partial charge in [0.15, 0.2) is 0 Å². The summed E-state index contributed by atoms with van der Waals surface area (Å²) in [6, 6.07) is 0. The van der Waals surface area contributed by atoms with Gasteiger partial charge in [0, 0.05) is 0 Å². The maximum Gasteiger partial charge on any atom is 1.00 e. The van der Waals surface area contributed by atoms with Crippen molar-refractivity contribution in [2.45, 2.75) is 25.7 Å². The third kappa shape index (κ3) is 6.74. The summed E-state index contributed by atoms with van der Waals surface area (Å²) in [5, 5.41) is 0. The molecule has 15 heavy (non-hydrogen) atoms. The third-order valence-corrected chi connectivity index (χ3v) is 11.5. The Morgan fingerprint density at radius 2 is 0.867 bits per heavy atom. The molecule has 2 heterocycles. The molecule has 0 spiro atoms. The molecule has 0 aliphatic carbocycles. The fourth-order valence-corrected chi connectivity index (χ4v) is 11.0. The summed E-state index contributed by atoms with van der Waals surface area (Å²) in [5.41, 5.74) is 0. The fourth-order valence-electron chi connectivity index (χ4n) is 1.97. The van der Waals surface area contributed by atoms with E-state index < -0.39 is 7.25 Å². The topological polar surface area (TPSA) is 0 Å². The quantitative estimate of drug-likeness (QED) is 0.359. The van der Waals surface area contributed by atoms with E-state index in [0.29, 0.717) is 15.2 Å². The average Bonchev–Trinajstić information content (AvgIpc) is 2.73. The molecule has 0 nitrogen and oxygen atoms in total. The Bertz CT molecular complexity index is 161. The van der Waals surface area contributed by atoms with E-state index in [1.54, 1.807) is 50.3 Å². The van der Waals surface area contributed by atoms with E-state index in [0.717, 1.165) is 0 Å². The van der Waals surface area contributed by atoms with E-state index in [1.807, 2.05) is 0 Å². The average molecular weight is 262 g/mol. The molecule has 0 atom stereocenters. The molecule has 0 bridgehead atoms. The molecule has 0 aromatic carbocycles. The summed E-state index contributed by atoms with van der Waals surface area (Å²) in [6.45, 7) is 0. The molecular formula is C8H17BF4P2. The summed E-state index contributed by atoms with van der Waals surface area (Å²) in [7, 11) is -4.76. The van der Waals surface area contributed by atoms with Gasteiger partial charge in [-0.1, -0.05) is 15.2 Å². The van der Waals surface area contributed by atoms with Crippen LogP contribution in [0.5, 0.6) is 0 Å². The highest BCUT2D eigenvalue weighted by molar-refractivity contribution is 8.30. The molecule has 0 aromatic heterocycles. The van der Waals surface area contributed by atoms with Gasteiger partial charge in [-0.15, -0.1) is 0 Å². The van der Waals surface area contributed by atoms with E-state index in [1.165, 1.54) is 0 Å². The maximum absolute atomic E-state index is 9.75. The van der Waals surface area contributed by atoms with Crippen molar-refractivity contribution in [1.29, 1.82) is 0 Å². The lowest BCUT2D eigenvalue weighted by atomic mass is 10.3. The zero-order valence-electron chi connectivity index (χ0n) is 9.64. The van der Waals surface area contributed by atoms with E-state index in [-0.39, 0.29) is 1.43 Å². The third-order valence-electron chi connectivity index (χ3n) is 2.56. The first kappa shape index (κ1) is 13.7. The molecule has 2 aliphatic rings. The largest absolute Gasteiger partial charge is 1.00 e. The number of rotatable bonds is 1. The molecule has 7 heteroatoms. The minimum atomic E-state index is -6.00. The molecule has 0 aromatic rings. The Morgan fingerprint density at radius 3 is 1.07 bits per heavy atom. The van der Waals surface area contributed by atoms with E-state index in [4.69, 9.17) is 0 Å². The Hall–Kier alpha value is 0.645. The first-order valence-electron chi connectivity index (χ1n) is 5.34. The van der Waals surface area contributed by atoms with Crippen molar-refractivity contribution in [2.24, 2.45) is 0 Å². The van der Waals surface area contributed by atoms with Crippen LogP contribution >= 0.6 is 15.2 Å². The highest BCUT2D eigenvalue weighted by Crippen LogP contribution is 2.73. The van der Waals surface area contributed by atoms with Gasteiger partial charge in [0.1, 0.15) is 0 Å². The lowest BCUT2D eigenvalue weighted by Crippen LogP contribution is -2.02. The number of hydrogen-bond acceptors (Lipinski definition) is 0. The Balaban J connectivity index is 0.000000330. The standard InChI is InChI=1S/C8H16P2.BF4/c1-2-6-9(5-1)10-7-3-4-8-10;2-1(3,4)5/h1-8H2;/q;-1/p+1. The Kier molecular flexibility index (Phi) is 5.85. The highest BCUT2D eigenvalue weighted by Gasteiger charge is 2.25. The van der Waals surface area contributed by atoms with Crippen molar-refractivity contribution < 1.29 is 18.7 Å². The van der Waals surface area contributed by atoms with Crippen molar-refractivity contribution in [3.8, 4) is 0 Å². The van der Waals surface area contributed by atoms with Gasteiger partial charge in [-0.05, 0) is 50.3 Å². The Labute approximate surface area is 92.2 Å². The highest BCUT2D eigenvalue weighted by atomic mass is 32.1. The molecule has 2 rings (SSSR count). The second-order valence-corrected chi connectivity index (χ2v) is 11.0. The maximum atomic E-state index is 9.75. The Morgan fingerprint density at radius 1 is 0.667 bits per heavy atom. The zero-order valence-corrected chi connectivity index (χ0v) is 10.4. The van der Waals surface area contributed by atoms with E-state index in [2.05, 4.69) is 0 Å². The molecule has 0 saturated carbocycles.